The van der Waals surface area contributed by atoms with Crippen LogP contribution in [0.2, 0.25) is 5.02 Å². The summed E-state index contributed by atoms with van der Waals surface area (Å²) >= 11 is 9.68. The number of halogens is 3. The number of hydrogen-bond acceptors (Lipinski definition) is 3. The molecular formula is C19H20BrClFN5O. The number of aryl methyl sites for hydroxylation is 1. The molecule has 1 amide bonds. The quantitative estimate of drug-likeness (QED) is 0.576. The third kappa shape index (κ3) is 4.44. The summed E-state index contributed by atoms with van der Waals surface area (Å²) in [5.41, 5.74) is 2.33. The molecule has 1 atom stereocenters. The summed E-state index contributed by atoms with van der Waals surface area (Å²) in [5.74, 6) is -0.631. The molecule has 0 bridgehead atoms. The molecule has 0 aliphatic carbocycles. The molecule has 3 aromatic rings. The summed E-state index contributed by atoms with van der Waals surface area (Å²) in [6.07, 6.45) is 1.56. The zero-order valence-corrected chi connectivity index (χ0v) is 18.1. The van der Waals surface area contributed by atoms with E-state index >= 15 is 0 Å². The van der Waals surface area contributed by atoms with E-state index in [1.807, 2.05) is 20.8 Å². The third-order valence-electron chi connectivity index (χ3n) is 4.44. The molecule has 0 fully saturated rings. The van der Waals surface area contributed by atoms with Crippen molar-refractivity contribution in [1.82, 2.24) is 19.6 Å². The second-order valence-electron chi connectivity index (χ2n) is 6.67. The van der Waals surface area contributed by atoms with Crippen LogP contribution >= 0.6 is 27.5 Å². The molecule has 0 saturated carbocycles. The van der Waals surface area contributed by atoms with Crippen molar-refractivity contribution in [3.05, 3.63) is 62.7 Å². The number of amides is 1. The number of carbonyl (C=O) groups excluding carboxylic acids is 1. The Morgan fingerprint density at radius 1 is 1.32 bits per heavy atom. The Labute approximate surface area is 175 Å². The molecule has 1 unspecified atom stereocenters. The highest BCUT2D eigenvalue weighted by Crippen LogP contribution is 2.23. The highest BCUT2D eigenvalue weighted by atomic mass is 79.9. The predicted octanol–water partition coefficient (Wildman–Crippen LogP) is 4.57. The summed E-state index contributed by atoms with van der Waals surface area (Å²) in [6.45, 7) is 6.30. The van der Waals surface area contributed by atoms with Gasteiger partial charge in [-0.3, -0.25) is 14.2 Å². The van der Waals surface area contributed by atoms with E-state index in [9.17, 15) is 9.18 Å². The first-order valence-corrected chi connectivity index (χ1v) is 9.90. The maximum Gasteiger partial charge on any atom is 0.230 e. The van der Waals surface area contributed by atoms with Crippen LogP contribution in [-0.2, 0) is 17.9 Å². The van der Waals surface area contributed by atoms with Gasteiger partial charge >= 0.3 is 0 Å². The first-order valence-electron chi connectivity index (χ1n) is 8.73. The maximum absolute atomic E-state index is 13.8. The van der Waals surface area contributed by atoms with Gasteiger partial charge in [0, 0.05) is 17.5 Å². The maximum atomic E-state index is 13.8. The fourth-order valence-corrected chi connectivity index (χ4v) is 3.28. The second-order valence-corrected chi connectivity index (χ2v) is 7.87. The average molecular weight is 469 g/mol. The Balaban J connectivity index is 1.67. The number of aromatic nitrogens is 4. The smallest absolute Gasteiger partial charge is 0.230 e. The van der Waals surface area contributed by atoms with Gasteiger partial charge in [0.2, 0.25) is 5.91 Å². The Morgan fingerprint density at radius 3 is 2.68 bits per heavy atom. The predicted molar refractivity (Wildman–Crippen MR) is 110 cm³/mol. The molecular weight excluding hydrogens is 449 g/mol. The Kier molecular flexibility index (Phi) is 6.20. The molecule has 2 heterocycles. The summed E-state index contributed by atoms with van der Waals surface area (Å²) in [7, 11) is 0. The number of hydrogen-bond donors (Lipinski definition) is 1. The molecule has 0 saturated heterocycles. The Bertz CT molecular complexity index is 1020. The Morgan fingerprint density at radius 2 is 2.04 bits per heavy atom. The van der Waals surface area contributed by atoms with Gasteiger partial charge in [-0.05, 0) is 35.8 Å². The van der Waals surface area contributed by atoms with Crippen molar-refractivity contribution in [3.8, 4) is 0 Å². The van der Waals surface area contributed by atoms with Crippen LogP contribution in [0.4, 0.5) is 10.2 Å². The standard InChI is InChI=1S/C19H20BrClFN5O/c1-11(8-27-13(3)17(20)12(2)24-27)19(28)23-18-15(21)10-26(25-18)9-14-6-4-5-7-16(14)22/h4-7,10-11H,8-9H2,1-3H3,(H,23,25,28). The van der Waals surface area contributed by atoms with Crippen molar-refractivity contribution in [2.45, 2.75) is 33.9 Å². The van der Waals surface area contributed by atoms with Gasteiger partial charge in [-0.25, -0.2) is 4.39 Å². The van der Waals surface area contributed by atoms with Gasteiger partial charge in [-0.1, -0.05) is 36.7 Å². The number of carbonyl (C=O) groups is 1. The van der Waals surface area contributed by atoms with Gasteiger partial charge in [-0.15, -0.1) is 0 Å². The second kappa shape index (κ2) is 8.45. The molecule has 0 radical (unpaired) electrons. The minimum Gasteiger partial charge on any atom is -0.308 e. The highest BCUT2D eigenvalue weighted by Gasteiger charge is 2.19. The van der Waals surface area contributed by atoms with Crippen LogP contribution in [0, 0.1) is 25.6 Å². The number of nitrogens with one attached hydrogen (secondary N) is 1. The van der Waals surface area contributed by atoms with Crippen molar-refractivity contribution in [1.29, 1.82) is 0 Å². The molecule has 148 valence electrons. The van der Waals surface area contributed by atoms with E-state index in [1.165, 1.54) is 10.7 Å². The van der Waals surface area contributed by atoms with Gasteiger partial charge in [-0.2, -0.15) is 10.2 Å². The molecule has 1 aromatic carbocycles. The van der Waals surface area contributed by atoms with E-state index in [4.69, 9.17) is 11.6 Å². The van der Waals surface area contributed by atoms with Crippen LogP contribution in [0.1, 0.15) is 23.9 Å². The van der Waals surface area contributed by atoms with E-state index < -0.39 is 0 Å². The van der Waals surface area contributed by atoms with Gasteiger partial charge < -0.3 is 5.32 Å². The molecule has 1 N–H and O–H groups in total. The summed E-state index contributed by atoms with van der Waals surface area (Å²) in [5, 5.41) is 11.7. The lowest BCUT2D eigenvalue weighted by molar-refractivity contribution is -0.119. The van der Waals surface area contributed by atoms with Crippen molar-refractivity contribution in [2.75, 3.05) is 5.32 Å². The van der Waals surface area contributed by atoms with Crippen LogP contribution in [-0.4, -0.2) is 25.5 Å². The monoisotopic (exact) mass is 467 g/mol. The van der Waals surface area contributed by atoms with Crippen molar-refractivity contribution in [2.24, 2.45) is 5.92 Å². The number of benzene rings is 1. The lowest BCUT2D eigenvalue weighted by Gasteiger charge is -2.12. The van der Waals surface area contributed by atoms with Crippen molar-refractivity contribution >= 4 is 39.3 Å². The molecule has 3 rings (SSSR count). The van der Waals surface area contributed by atoms with Crippen molar-refractivity contribution in [3.63, 3.8) is 0 Å². The van der Waals surface area contributed by atoms with Crippen LogP contribution in [0.25, 0.3) is 0 Å². The van der Waals surface area contributed by atoms with Crippen molar-refractivity contribution < 1.29 is 9.18 Å². The van der Waals surface area contributed by atoms with Crippen LogP contribution < -0.4 is 5.32 Å². The molecule has 6 nitrogen and oxygen atoms in total. The van der Waals surface area contributed by atoms with Gasteiger partial charge in [0.05, 0.1) is 29.2 Å². The summed E-state index contributed by atoms with van der Waals surface area (Å²) in [4.78, 5) is 12.6. The normalized spacial score (nSPS) is 12.2. The highest BCUT2D eigenvalue weighted by molar-refractivity contribution is 9.10. The summed E-state index contributed by atoms with van der Waals surface area (Å²) < 4.78 is 18.0. The molecule has 2 aromatic heterocycles. The van der Waals surface area contributed by atoms with E-state index in [-0.39, 0.29) is 30.0 Å². The Hall–Kier alpha value is -2.19. The number of nitrogens with zero attached hydrogens (tertiary/aromatic N) is 4. The molecule has 0 aliphatic heterocycles. The first-order chi connectivity index (χ1) is 13.3. The van der Waals surface area contributed by atoms with E-state index in [2.05, 4.69) is 31.4 Å². The van der Waals surface area contributed by atoms with Crippen LogP contribution in [0.5, 0.6) is 0 Å². The minimum absolute atomic E-state index is 0.220. The minimum atomic E-state index is -0.349. The van der Waals surface area contributed by atoms with Gasteiger partial charge in [0.25, 0.3) is 0 Å². The molecule has 0 spiro atoms. The molecule has 9 heteroatoms. The largest absolute Gasteiger partial charge is 0.308 e. The number of rotatable bonds is 6. The van der Waals surface area contributed by atoms with E-state index in [1.54, 1.807) is 29.1 Å². The first kappa shape index (κ1) is 20.5. The fraction of sp³-hybridized carbons (Fsp3) is 0.316. The van der Waals surface area contributed by atoms with E-state index in [0.717, 1.165) is 15.9 Å². The van der Waals surface area contributed by atoms with E-state index in [0.29, 0.717) is 17.1 Å². The SMILES string of the molecule is Cc1nn(CC(C)C(=O)Nc2nn(Cc3ccccc3F)cc2Cl)c(C)c1Br. The fourth-order valence-electron chi connectivity index (χ4n) is 2.80. The van der Waals surface area contributed by atoms with Gasteiger partial charge in [0.1, 0.15) is 10.8 Å². The zero-order chi connectivity index (χ0) is 20.4. The average Bonchev–Trinajstić information content (AvgIpc) is 3.11. The summed E-state index contributed by atoms with van der Waals surface area (Å²) in [6, 6.07) is 6.45. The molecule has 28 heavy (non-hydrogen) atoms. The molecule has 0 aliphatic rings. The third-order valence-corrected chi connectivity index (χ3v) is 5.86. The number of anilines is 1. The van der Waals surface area contributed by atoms with Crippen LogP contribution in [0.3, 0.4) is 0 Å². The lowest BCUT2D eigenvalue weighted by atomic mass is 10.1. The van der Waals surface area contributed by atoms with Crippen LogP contribution in [0.15, 0.2) is 34.9 Å². The topological polar surface area (TPSA) is 64.7 Å². The zero-order valence-electron chi connectivity index (χ0n) is 15.7. The van der Waals surface area contributed by atoms with Gasteiger partial charge in [0.15, 0.2) is 5.82 Å². The lowest BCUT2D eigenvalue weighted by Crippen LogP contribution is -2.25.